The van der Waals surface area contributed by atoms with Gasteiger partial charge < -0.3 is 28.2 Å². The fourth-order valence-electron chi connectivity index (χ4n) is 1.76. The molecule has 114 valence electrons. The lowest BCUT2D eigenvalue weighted by Crippen LogP contribution is -2.39. The van der Waals surface area contributed by atoms with Gasteiger partial charge in [0, 0.05) is 0 Å². The van der Waals surface area contributed by atoms with Crippen LogP contribution in [0.2, 0.25) is 0 Å². The van der Waals surface area contributed by atoms with Gasteiger partial charge in [0.05, 0.1) is 18.8 Å². The molecule has 0 amide bonds. The van der Waals surface area contributed by atoms with Gasteiger partial charge in [-0.25, -0.2) is 0 Å². The zero-order valence-electron chi connectivity index (χ0n) is 11.7. The van der Waals surface area contributed by atoms with Crippen molar-refractivity contribution in [1.29, 1.82) is 0 Å². The second-order valence-corrected chi connectivity index (χ2v) is 4.35. The van der Waals surface area contributed by atoms with Crippen molar-refractivity contribution in [2.24, 2.45) is 0 Å². The molecule has 0 fully saturated rings. The summed E-state index contributed by atoms with van der Waals surface area (Å²) in [6.45, 7) is 0. The molecule has 0 spiro atoms. The number of hydrogen-bond acceptors (Lipinski definition) is 6. The van der Waals surface area contributed by atoms with E-state index < -0.39 is 26.2 Å². The normalized spacial score (nSPS) is 28.1. The quantitative estimate of drug-likeness (QED) is 0.702. The molecule has 3 unspecified atom stereocenters. The Morgan fingerprint density at radius 1 is 0.545 bits per heavy atom. The molecule has 0 N–H and O–H groups in total. The van der Waals surface area contributed by atoms with E-state index >= 15 is 0 Å². The molecule has 3 aliphatic rings. The molecule has 22 heavy (non-hydrogen) atoms. The van der Waals surface area contributed by atoms with E-state index in [9.17, 15) is 0 Å². The molecule has 3 aliphatic heterocycles. The highest BCUT2D eigenvalue weighted by Gasteiger charge is 2.33. The summed E-state index contributed by atoms with van der Waals surface area (Å²) < 4.78 is 32.7. The van der Waals surface area contributed by atoms with Crippen molar-refractivity contribution in [2.45, 2.75) is 18.9 Å². The van der Waals surface area contributed by atoms with Crippen LogP contribution < -0.4 is 0 Å². The number of ether oxygens (including phenoxy) is 3. The van der Waals surface area contributed by atoms with Crippen LogP contribution in [-0.2, 0) is 28.2 Å². The average molecular weight is 302 g/mol. The molecular formula is C15H15BO6. The van der Waals surface area contributed by atoms with E-state index in [-0.39, 0.29) is 0 Å². The first-order valence-corrected chi connectivity index (χ1v) is 6.83. The molecule has 0 saturated carbocycles. The van der Waals surface area contributed by atoms with Gasteiger partial charge in [-0.15, -0.1) is 0 Å². The first-order chi connectivity index (χ1) is 10.9. The molecule has 3 atom stereocenters. The maximum atomic E-state index is 5.62. The Labute approximate surface area is 128 Å². The van der Waals surface area contributed by atoms with Crippen LogP contribution in [0.5, 0.6) is 0 Å². The molecule has 0 radical (unpaired) electrons. The van der Waals surface area contributed by atoms with E-state index in [2.05, 4.69) is 0 Å². The van der Waals surface area contributed by atoms with Crippen molar-refractivity contribution in [1.82, 2.24) is 0 Å². The second kappa shape index (κ2) is 7.70. The summed E-state index contributed by atoms with van der Waals surface area (Å²) in [5, 5.41) is 0. The molecular weight excluding hydrogens is 287 g/mol. The number of rotatable bonds is 6. The van der Waals surface area contributed by atoms with Gasteiger partial charge in [-0.1, -0.05) is 18.2 Å². The smallest absolute Gasteiger partial charge is 0.470 e. The minimum absolute atomic E-state index is 0.610. The third-order valence-electron chi connectivity index (χ3n) is 2.75. The van der Waals surface area contributed by atoms with Crippen LogP contribution in [0.25, 0.3) is 0 Å². The van der Waals surface area contributed by atoms with Crippen molar-refractivity contribution >= 4 is 7.32 Å². The van der Waals surface area contributed by atoms with Gasteiger partial charge >= 0.3 is 7.32 Å². The minimum Gasteiger partial charge on any atom is -0.470 e. The first kappa shape index (κ1) is 14.7. The zero-order chi connectivity index (χ0) is 15.0. The molecule has 0 saturated heterocycles. The van der Waals surface area contributed by atoms with Gasteiger partial charge in [-0.3, -0.25) is 0 Å². The van der Waals surface area contributed by atoms with Crippen LogP contribution in [0, 0.1) is 0 Å². The molecule has 0 aromatic heterocycles. The van der Waals surface area contributed by atoms with E-state index in [1.807, 2.05) is 18.2 Å². The van der Waals surface area contributed by atoms with E-state index in [1.54, 1.807) is 36.5 Å². The lowest BCUT2D eigenvalue weighted by Gasteiger charge is -2.26. The highest BCUT2D eigenvalue weighted by molar-refractivity contribution is 6.36. The molecule has 3 heterocycles. The van der Waals surface area contributed by atoms with Crippen molar-refractivity contribution in [3.63, 3.8) is 0 Å². The Kier molecular flexibility index (Phi) is 5.15. The summed E-state index contributed by atoms with van der Waals surface area (Å²) in [6, 6.07) is 0. The highest BCUT2D eigenvalue weighted by Crippen LogP contribution is 2.15. The SMILES string of the molecule is C1=COC(OB(OC2C=CC=CO2)OC2C=CC=CO2)C=C1. The fraction of sp³-hybridized carbons (Fsp3) is 0.200. The van der Waals surface area contributed by atoms with Crippen LogP contribution in [0.4, 0.5) is 0 Å². The Morgan fingerprint density at radius 2 is 0.909 bits per heavy atom. The van der Waals surface area contributed by atoms with Crippen LogP contribution in [0.3, 0.4) is 0 Å². The molecule has 0 aromatic carbocycles. The lowest BCUT2D eigenvalue weighted by molar-refractivity contribution is -0.112. The average Bonchev–Trinajstić information content (AvgIpc) is 2.57. The maximum absolute atomic E-state index is 5.62. The largest absolute Gasteiger partial charge is 0.648 e. The van der Waals surface area contributed by atoms with Gasteiger partial charge in [0.2, 0.25) is 18.9 Å². The molecule has 0 aromatic rings. The fourth-order valence-corrected chi connectivity index (χ4v) is 1.76. The number of allylic oxidation sites excluding steroid dienone is 6. The van der Waals surface area contributed by atoms with Crippen molar-refractivity contribution < 1.29 is 28.2 Å². The van der Waals surface area contributed by atoms with Crippen LogP contribution in [-0.4, -0.2) is 26.2 Å². The summed E-state index contributed by atoms with van der Waals surface area (Å²) in [5.74, 6) is 0. The summed E-state index contributed by atoms with van der Waals surface area (Å²) in [5.41, 5.74) is 0. The van der Waals surface area contributed by atoms with E-state index in [0.717, 1.165) is 0 Å². The van der Waals surface area contributed by atoms with Crippen molar-refractivity contribution in [3.05, 3.63) is 73.5 Å². The topological polar surface area (TPSA) is 55.4 Å². The lowest BCUT2D eigenvalue weighted by atomic mass is 10.2. The molecule has 7 heteroatoms. The molecule has 6 nitrogen and oxygen atoms in total. The standard InChI is InChI=1S/C15H15BO6/c1-4-10-17-13(7-1)20-16(21-14-8-2-5-11-18-14)22-15-9-3-6-12-19-15/h1-15H. The van der Waals surface area contributed by atoms with Gasteiger partial charge in [0.1, 0.15) is 0 Å². The Hall–Kier alpha value is -2.22. The van der Waals surface area contributed by atoms with Gasteiger partial charge in [-0.05, 0) is 36.5 Å². The third-order valence-corrected chi connectivity index (χ3v) is 2.75. The Morgan fingerprint density at radius 3 is 1.18 bits per heavy atom. The van der Waals surface area contributed by atoms with Crippen molar-refractivity contribution in [2.75, 3.05) is 0 Å². The van der Waals surface area contributed by atoms with Gasteiger partial charge in [0.15, 0.2) is 0 Å². The van der Waals surface area contributed by atoms with E-state index in [4.69, 9.17) is 28.2 Å². The molecule has 0 aliphatic carbocycles. The molecule has 0 bridgehead atoms. The summed E-state index contributed by atoms with van der Waals surface area (Å²) in [7, 11) is -1.04. The van der Waals surface area contributed by atoms with E-state index in [0.29, 0.717) is 0 Å². The highest BCUT2D eigenvalue weighted by atomic mass is 16.8. The van der Waals surface area contributed by atoms with Crippen LogP contribution >= 0.6 is 0 Å². The van der Waals surface area contributed by atoms with Gasteiger partial charge in [0.25, 0.3) is 0 Å². The summed E-state index contributed by atoms with van der Waals surface area (Å²) in [6.07, 6.45) is 18.6. The Balaban J connectivity index is 1.58. The predicted octanol–water partition coefficient (Wildman–Crippen LogP) is 2.30. The molecule has 3 rings (SSSR count). The predicted molar refractivity (Wildman–Crippen MR) is 78.5 cm³/mol. The second-order valence-electron chi connectivity index (χ2n) is 4.35. The zero-order valence-corrected chi connectivity index (χ0v) is 11.7. The van der Waals surface area contributed by atoms with Crippen LogP contribution in [0.1, 0.15) is 0 Å². The Bertz CT molecular complexity index is 460. The number of hydrogen-bond donors (Lipinski definition) is 0. The van der Waals surface area contributed by atoms with Crippen LogP contribution in [0.15, 0.2) is 73.5 Å². The summed E-state index contributed by atoms with van der Waals surface area (Å²) >= 11 is 0. The minimum atomic E-state index is -1.04. The maximum Gasteiger partial charge on any atom is 0.648 e. The first-order valence-electron chi connectivity index (χ1n) is 6.83. The third kappa shape index (κ3) is 4.39. The monoisotopic (exact) mass is 302 g/mol. The summed E-state index contributed by atoms with van der Waals surface area (Å²) in [4.78, 5) is 0. The van der Waals surface area contributed by atoms with Crippen molar-refractivity contribution in [3.8, 4) is 0 Å². The van der Waals surface area contributed by atoms with Gasteiger partial charge in [-0.2, -0.15) is 0 Å². The van der Waals surface area contributed by atoms with E-state index in [1.165, 1.54) is 18.8 Å².